The number of aromatic nitrogens is 2. The Morgan fingerprint density at radius 3 is 2.32 bits per heavy atom. The van der Waals surface area contributed by atoms with Gasteiger partial charge in [0.05, 0.1) is 12.2 Å². The van der Waals surface area contributed by atoms with E-state index in [9.17, 15) is 9.59 Å². The van der Waals surface area contributed by atoms with E-state index >= 15 is 0 Å². The maximum atomic E-state index is 12.8. The molecule has 170 valence electrons. The van der Waals surface area contributed by atoms with Crippen molar-refractivity contribution in [3.05, 3.63) is 41.7 Å². The first-order chi connectivity index (χ1) is 14.7. The molecule has 7 nitrogen and oxygen atoms in total. The highest BCUT2D eigenvalue weighted by atomic mass is 16.2. The number of carbonyl (C=O) groups is 2. The zero-order valence-corrected chi connectivity index (χ0v) is 19.7. The summed E-state index contributed by atoms with van der Waals surface area (Å²) in [6.07, 6.45) is 0.998. The van der Waals surface area contributed by atoms with Gasteiger partial charge in [0.1, 0.15) is 5.82 Å². The number of amides is 2. The van der Waals surface area contributed by atoms with E-state index in [0.29, 0.717) is 12.2 Å². The van der Waals surface area contributed by atoms with Crippen LogP contribution in [-0.2, 0) is 17.9 Å². The summed E-state index contributed by atoms with van der Waals surface area (Å²) < 4.78 is 2.14. The largest absolute Gasteiger partial charge is 0.352 e. The molecule has 0 bridgehead atoms. The molecule has 1 aromatic carbocycles. The predicted octanol–water partition coefficient (Wildman–Crippen LogP) is 3.30. The molecule has 0 saturated heterocycles. The molecule has 0 unspecified atom stereocenters. The van der Waals surface area contributed by atoms with Crippen LogP contribution in [0.4, 0.5) is 0 Å². The van der Waals surface area contributed by atoms with Gasteiger partial charge >= 0.3 is 0 Å². The normalized spacial score (nSPS) is 13.8. The first-order valence-corrected chi connectivity index (χ1v) is 11.1. The Balaban J connectivity index is 0.000000785. The van der Waals surface area contributed by atoms with E-state index in [2.05, 4.69) is 45.9 Å². The minimum Gasteiger partial charge on any atom is -0.352 e. The number of nitrogens with zero attached hydrogens (tertiary/aromatic N) is 3. The van der Waals surface area contributed by atoms with Crippen molar-refractivity contribution in [2.75, 3.05) is 20.1 Å². The van der Waals surface area contributed by atoms with E-state index in [1.54, 1.807) is 0 Å². The van der Waals surface area contributed by atoms with E-state index in [0.717, 1.165) is 42.5 Å². The zero-order valence-electron chi connectivity index (χ0n) is 19.7. The van der Waals surface area contributed by atoms with Crippen LogP contribution in [0.5, 0.6) is 0 Å². The Bertz CT molecular complexity index is 856. The molecule has 1 aliphatic heterocycles. The molecule has 0 radical (unpaired) electrons. The average molecular weight is 428 g/mol. The van der Waals surface area contributed by atoms with Crippen LogP contribution in [-0.4, -0.2) is 52.4 Å². The van der Waals surface area contributed by atoms with Crippen molar-refractivity contribution < 1.29 is 9.59 Å². The third-order valence-corrected chi connectivity index (χ3v) is 4.52. The minimum atomic E-state index is -0.310. The molecule has 31 heavy (non-hydrogen) atoms. The van der Waals surface area contributed by atoms with E-state index < -0.39 is 0 Å². The number of imidazole rings is 1. The Kier molecular flexibility index (Phi) is 9.24. The summed E-state index contributed by atoms with van der Waals surface area (Å²) in [5.74, 6) is 1.12. The highest BCUT2D eigenvalue weighted by Crippen LogP contribution is 2.25. The van der Waals surface area contributed by atoms with Crippen molar-refractivity contribution >= 4 is 11.8 Å². The molecular weight excluding hydrogens is 390 g/mol. The van der Waals surface area contributed by atoms with Crippen molar-refractivity contribution in [1.82, 2.24) is 25.1 Å². The van der Waals surface area contributed by atoms with Crippen molar-refractivity contribution in [2.45, 2.75) is 60.2 Å². The third kappa shape index (κ3) is 7.51. The number of fused-ring (bicyclic) bond motifs is 1. The standard InChI is InChI=1S/C20H27N5O2.C4H10/c1-14(2)22-17(26)12-21-20(27)18-16-13-24(3)10-7-11-25(16)19(23-18)15-8-5-4-6-9-15;1-4(2)3/h4-6,8-9,14H,7,10-13H2,1-3H3,(H,21,27)(H,22,26);4H,1-3H3. The fourth-order valence-electron chi connectivity index (χ4n) is 3.33. The second kappa shape index (κ2) is 11.6. The number of benzene rings is 1. The fraction of sp³-hybridized carbons (Fsp3) is 0.542. The SMILES string of the molecule is CC(C)C.CC(C)NC(=O)CNC(=O)c1nc(-c2ccccc2)n2c1CN(C)CCC2. The van der Waals surface area contributed by atoms with Gasteiger partial charge < -0.3 is 20.1 Å². The lowest BCUT2D eigenvalue weighted by Gasteiger charge is -2.13. The summed E-state index contributed by atoms with van der Waals surface area (Å²) in [4.78, 5) is 31.5. The molecule has 0 fully saturated rings. The minimum absolute atomic E-state index is 0.0385. The lowest BCUT2D eigenvalue weighted by atomic mass is 10.2. The van der Waals surface area contributed by atoms with Crippen LogP contribution in [0.15, 0.2) is 30.3 Å². The average Bonchev–Trinajstić information content (AvgIpc) is 2.92. The molecule has 0 atom stereocenters. The van der Waals surface area contributed by atoms with Crippen LogP contribution in [0.3, 0.4) is 0 Å². The third-order valence-electron chi connectivity index (χ3n) is 4.52. The molecule has 2 aromatic rings. The fourth-order valence-corrected chi connectivity index (χ4v) is 3.33. The lowest BCUT2D eigenvalue weighted by Crippen LogP contribution is -2.40. The molecule has 0 aliphatic carbocycles. The molecule has 1 aliphatic rings. The highest BCUT2D eigenvalue weighted by molar-refractivity contribution is 5.96. The summed E-state index contributed by atoms with van der Waals surface area (Å²) in [6, 6.07) is 9.94. The summed E-state index contributed by atoms with van der Waals surface area (Å²) in [6.45, 7) is 12.7. The summed E-state index contributed by atoms with van der Waals surface area (Å²) >= 11 is 0. The van der Waals surface area contributed by atoms with Gasteiger partial charge in [-0.2, -0.15) is 0 Å². The van der Waals surface area contributed by atoms with E-state index in [1.165, 1.54) is 0 Å². The quantitative estimate of drug-likeness (QED) is 0.767. The Morgan fingerprint density at radius 2 is 1.71 bits per heavy atom. The molecule has 3 rings (SSSR count). The van der Waals surface area contributed by atoms with Crippen molar-refractivity contribution in [2.24, 2.45) is 5.92 Å². The molecule has 7 heteroatoms. The maximum Gasteiger partial charge on any atom is 0.272 e. The molecule has 2 amide bonds. The Hall–Kier alpha value is -2.67. The molecular formula is C24H37N5O2. The molecule has 2 heterocycles. The smallest absolute Gasteiger partial charge is 0.272 e. The van der Waals surface area contributed by atoms with Crippen LogP contribution in [0.1, 0.15) is 57.2 Å². The van der Waals surface area contributed by atoms with E-state index in [-0.39, 0.29) is 24.4 Å². The monoisotopic (exact) mass is 427 g/mol. The van der Waals surface area contributed by atoms with Crippen LogP contribution >= 0.6 is 0 Å². The van der Waals surface area contributed by atoms with Gasteiger partial charge in [-0.05, 0) is 39.8 Å². The van der Waals surface area contributed by atoms with Crippen LogP contribution in [0, 0.1) is 5.92 Å². The van der Waals surface area contributed by atoms with Gasteiger partial charge in [-0.15, -0.1) is 0 Å². The van der Waals surface area contributed by atoms with Gasteiger partial charge in [0, 0.05) is 24.7 Å². The van der Waals surface area contributed by atoms with Crippen molar-refractivity contribution in [3.8, 4) is 11.4 Å². The summed E-state index contributed by atoms with van der Waals surface area (Å²) in [7, 11) is 2.04. The van der Waals surface area contributed by atoms with Gasteiger partial charge in [0.25, 0.3) is 5.91 Å². The predicted molar refractivity (Wildman–Crippen MR) is 125 cm³/mol. The van der Waals surface area contributed by atoms with Crippen molar-refractivity contribution in [3.63, 3.8) is 0 Å². The summed E-state index contributed by atoms with van der Waals surface area (Å²) in [5.41, 5.74) is 2.29. The molecule has 0 saturated carbocycles. The number of hydrogen-bond acceptors (Lipinski definition) is 4. The number of hydrogen-bond donors (Lipinski definition) is 2. The summed E-state index contributed by atoms with van der Waals surface area (Å²) in [5, 5.41) is 5.48. The van der Waals surface area contributed by atoms with Gasteiger partial charge in [-0.25, -0.2) is 4.98 Å². The Morgan fingerprint density at radius 1 is 1.06 bits per heavy atom. The molecule has 0 spiro atoms. The first kappa shape index (κ1) is 24.6. The first-order valence-electron chi connectivity index (χ1n) is 11.1. The van der Waals surface area contributed by atoms with Gasteiger partial charge in [0.15, 0.2) is 5.69 Å². The van der Waals surface area contributed by atoms with E-state index in [4.69, 9.17) is 0 Å². The number of carbonyl (C=O) groups excluding carboxylic acids is 2. The van der Waals surface area contributed by atoms with Gasteiger partial charge in [0.2, 0.25) is 5.91 Å². The molecule has 1 aromatic heterocycles. The van der Waals surface area contributed by atoms with Crippen molar-refractivity contribution in [1.29, 1.82) is 0 Å². The molecule has 2 N–H and O–H groups in total. The van der Waals surface area contributed by atoms with Gasteiger partial charge in [-0.1, -0.05) is 51.1 Å². The second-order valence-electron chi connectivity index (χ2n) is 8.98. The van der Waals surface area contributed by atoms with E-state index in [1.807, 2.05) is 51.2 Å². The van der Waals surface area contributed by atoms with Crippen LogP contribution < -0.4 is 10.6 Å². The van der Waals surface area contributed by atoms with Crippen LogP contribution in [0.25, 0.3) is 11.4 Å². The Labute approximate surface area is 186 Å². The maximum absolute atomic E-state index is 12.8. The lowest BCUT2D eigenvalue weighted by molar-refractivity contribution is -0.120. The van der Waals surface area contributed by atoms with Gasteiger partial charge in [-0.3, -0.25) is 9.59 Å². The number of nitrogens with one attached hydrogen (secondary N) is 2. The zero-order chi connectivity index (χ0) is 23.0. The second-order valence-corrected chi connectivity index (χ2v) is 8.98. The highest BCUT2D eigenvalue weighted by Gasteiger charge is 2.25. The van der Waals surface area contributed by atoms with Crippen LogP contribution in [0.2, 0.25) is 0 Å². The topological polar surface area (TPSA) is 79.3 Å². The number of rotatable bonds is 5.